The quantitative estimate of drug-likeness (QED) is 0.620. The van der Waals surface area contributed by atoms with Crippen LogP contribution in [0, 0.1) is 5.82 Å². The average molecular weight is 450 g/mol. The van der Waals surface area contributed by atoms with Gasteiger partial charge in [0.05, 0.1) is 17.2 Å². The van der Waals surface area contributed by atoms with E-state index < -0.39 is 15.8 Å². The number of sulfonamides is 1. The normalized spacial score (nSPS) is 15.0. The fraction of sp³-hybridized carbons (Fsp3) is 0.409. The van der Waals surface area contributed by atoms with Gasteiger partial charge in [-0.25, -0.2) is 12.8 Å². The van der Waals surface area contributed by atoms with Crippen LogP contribution in [0.3, 0.4) is 0 Å². The lowest BCUT2D eigenvalue weighted by Crippen LogP contribution is -2.51. The van der Waals surface area contributed by atoms with Crippen LogP contribution in [0.25, 0.3) is 0 Å². The largest absolute Gasteiger partial charge is 0.494 e. The lowest BCUT2D eigenvalue weighted by atomic mass is 10.3. The summed E-state index contributed by atoms with van der Waals surface area (Å²) in [4.78, 5) is 16.8. The molecule has 0 spiro atoms. The number of halogens is 1. The molecule has 2 aromatic carbocycles. The highest BCUT2D eigenvalue weighted by Crippen LogP contribution is 2.26. The highest BCUT2D eigenvalue weighted by atomic mass is 32.2. The molecule has 0 saturated carbocycles. The summed E-state index contributed by atoms with van der Waals surface area (Å²) < 4.78 is 46.6. The molecule has 2 aromatic rings. The molecule has 1 amide bonds. The van der Waals surface area contributed by atoms with Crippen LogP contribution in [0.5, 0.6) is 5.75 Å². The summed E-state index contributed by atoms with van der Waals surface area (Å²) in [5.74, 6) is -0.195. The Morgan fingerprint density at radius 1 is 1.00 bits per heavy atom. The predicted molar refractivity (Wildman–Crippen MR) is 117 cm³/mol. The molecule has 0 unspecified atom stereocenters. The minimum Gasteiger partial charge on any atom is -0.494 e. The van der Waals surface area contributed by atoms with E-state index >= 15 is 0 Å². The topological polar surface area (TPSA) is 70.2 Å². The van der Waals surface area contributed by atoms with Crippen molar-refractivity contribution in [1.82, 2.24) is 9.80 Å². The van der Waals surface area contributed by atoms with Gasteiger partial charge in [0.2, 0.25) is 5.91 Å². The van der Waals surface area contributed by atoms with Crippen molar-refractivity contribution in [2.75, 3.05) is 50.2 Å². The molecule has 1 aliphatic heterocycles. The van der Waals surface area contributed by atoms with E-state index in [0.29, 0.717) is 31.1 Å². The summed E-state index contributed by atoms with van der Waals surface area (Å²) in [6, 6.07) is 11.1. The van der Waals surface area contributed by atoms with Crippen molar-refractivity contribution >= 4 is 21.6 Å². The first-order valence-corrected chi connectivity index (χ1v) is 11.8. The molecule has 3 rings (SSSR count). The number of nitrogens with zero attached hydrogens (tertiary/aromatic N) is 3. The lowest BCUT2D eigenvalue weighted by molar-refractivity contribution is -0.131. The number of piperazine rings is 1. The van der Waals surface area contributed by atoms with Crippen LogP contribution in [-0.4, -0.2) is 70.0 Å². The summed E-state index contributed by atoms with van der Waals surface area (Å²) in [6.45, 7) is 7.63. The predicted octanol–water partition coefficient (Wildman–Crippen LogP) is 2.58. The van der Waals surface area contributed by atoms with Crippen molar-refractivity contribution in [3.8, 4) is 5.75 Å². The van der Waals surface area contributed by atoms with E-state index in [1.807, 2.05) is 6.92 Å². The summed E-state index contributed by atoms with van der Waals surface area (Å²) in [7, 11) is -4.08. The molecular formula is C22H28FN3O4S. The zero-order valence-electron chi connectivity index (χ0n) is 17.8. The molecule has 0 N–H and O–H groups in total. The van der Waals surface area contributed by atoms with Crippen LogP contribution in [0.15, 0.2) is 53.4 Å². The number of ether oxygens (including phenoxy) is 1. The van der Waals surface area contributed by atoms with E-state index in [-0.39, 0.29) is 17.3 Å². The Morgan fingerprint density at radius 2 is 1.61 bits per heavy atom. The first-order chi connectivity index (χ1) is 14.8. The molecule has 7 nitrogen and oxygen atoms in total. The van der Waals surface area contributed by atoms with Crippen LogP contribution in [0.2, 0.25) is 0 Å². The second kappa shape index (κ2) is 10.1. The highest BCUT2D eigenvalue weighted by Gasteiger charge is 2.30. The fourth-order valence-electron chi connectivity index (χ4n) is 3.46. The maximum absolute atomic E-state index is 13.4. The third-order valence-corrected chi connectivity index (χ3v) is 7.08. The molecule has 1 fully saturated rings. The Balaban J connectivity index is 1.88. The first-order valence-electron chi connectivity index (χ1n) is 10.4. The molecule has 0 atom stereocenters. The number of anilines is 1. The highest BCUT2D eigenvalue weighted by molar-refractivity contribution is 7.92. The van der Waals surface area contributed by atoms with Crippen molar-refractivity contribution in [3.63, 3.8) is 0 Å². The van der Waals surface area contributed by atoms with Gasteiger partial charge < -0.3 is 14.5 Å². The Labute approximate surface area is 183 Å². The van der Waals surface area contributed by atoms with Gasteiger partial charge in [-0.3, -0.25) is 9.10 Å². The van der Waals surface area contributed by atoms with Crippen LogP contribution in [0.4, 0.5) is 10.1 Å². The Hall–Kier alpha value is -2.65. The summed E-state index contributed by atoms with van der Waals surface area (Å²) in [6.07, 6.45) is 0. The van der Waals surface area contributed by atoms with Gasteiger partial charge in [0.1, 0.15) is 18.1 Å². The zero-order valence-corrected chi connectivity index (χ0v) is 18.6. The van der Waals surface area contributed by atoms with E-state index in [9.17, 15) is 17.6 Å². The van der Waals surface area contributed by atoms with Gasteiger partial charge in [0.25, 0.3) is 10.0 Å². The van der Waals surface area contributed by atoms with E-state index in [4.69, 9.17) is 4.74 Å². The van der Waals surface area contributed by atoms with Crippen LogP contribution in [-0.2, 0) is 14.8 Å². The first kappa shape index (κ1) is 23.0. The molecule has 9 heteroatoms. The van der Waals surface area contributed by atoms with Crippen LogP contribution in [0.1, 0.15) is 13.8 Å². The van der Waals surface area contributed by atoms with Gasteiger partial charge in [-0.05, 0) is 62.0 Å². The molecular weight excluding hydrogens is 421 g/mol. The summed E-state index contributed by atoms with van der Waals surface area (Å²) >= 11 is 0. The Kier molecular flexibility index (Phi) is 7.50. The number of carbonyl (C=O) groups excluding carboxylic acids is 1. The van der Waals surface area contributed by atoms with E-state index in [0.717, 1.165) is 36.1 Å². The number of carbonyl (C=O) groups is 1. The van der Waals surface area contributed by atoms with E-state index in [1.165, 1.54) is 12.1 Å². The third kappa shape index (κ3) is 5.54. The smallest absolute Gasteiger partial charge is 0.264 e. The second-order valence-corrected chi connectivity index (χ2v) is 9.07. The third-order valence-electron chi connectivity index (χ3n) is 5.29. The number of amides is 1. The SMILES string of the molecule is CCOc1ccc(N(CC(=O)N2CCN(CC)CC2)S(=O)(=O)c2ccc(F)cc2)cc1. The minimum atomic E-state index is -4.08. The molecule has 168 valence electrons. The van der Waals surface area contributed by atoms with Crippen molar-refractivity contribution in [3.05, 3.63) is 54.3 Å². The van der Waals surface area contributed by atoms with Gasteiger partial charge in [-0.2, -0.15) is 0 Å². The standard InChI is InChI=1S/C22H28FN3O4S/c1-3-24-13-15-25(16-14-24)22(27)17-26(19-7-9-20(10-8-19)30-4-2)31(28,29)21-11-5-18(23)6-12-21/h5-12H,3-4,13-17H2,1-2H3. The molecule has 0 aliphatic carbocycles. The monoisotopic (exact) mass is 449 g/mol. The maximum atomic E-state index is 13.4. The van der Waals surface area contributed by atoms with Gasteiger partial charge >= 0.3 is 0 Å². The fourth-order valence-corrected chi connectivity index (χ4v) is 4.87. The van der Waals surface area contributed by atoms with Crippen molar-refractivity contribution < 1.29 is 22.3 Å². The number of likely N-dealkylation sites (N-methyl/N-ethyl adjacent to an activating group) is 1. The Bertz CT molecular complexity index is 973. The van der Waals surface area contributed by atoms with Crippen molar-refractivity contribution in [2.45, 2.75) is 18.7 Å². The van der Waals surface area contributed by atoms with Gasteiger partial charge in [-0.1, -0.05) is 6.92 Å². The second-order valence-electron chi connectivity index (χ2n) is 7.21. The lowest BCUT2D eigenvalue weighted by Gasteiger charge is -2.35. The molecule has 1 aliphatic rings. The van der Waals surface area contributed by atoms with E-state index in [1.54, 1.807) is 29.2 Å². The molecule has 0 radical (unpaired) electrons. The Morgan fingerprint density at radius 3 is 2.16 bits per heavy atom. The minimum absolute atomic E-state index is 0.0774. The molecule has 0 bridgehead atoms. The molecule has 1 saturated heterocycles. The maximum Gasteiger partial charge on any atom is 0.264 e. The summed E-state index contributed by atoms with van der Waals surface area (Å²) in [5, 5.41) is 0. The van der Waals surface area contributed by atoms with Crippen molar-refractivity contribution in [2.24, 2.45) is 0 Å². The number of rotatable bonds is 8. The average Bonchev–Trinajstić information content (AvgIpc) is 2.78. The number of hydrogen-bond donors (Lipinski definition) is 0. The molecule has 1 heterocycles. The number of hydrogen-bond acceptors (Lipinski definition) is 5. The van der Waals surface area contributed by atoms with Gasteiger partial charge in [0, 0.05) is 26.2 Å². The van der Waals surface area contributed by atoms with Gasteiger partial charge in [0.15, 0.2) is 0 Å². The number of benzene rings is 2. The van der Waals surface area contributed by atoms with Crippen LogP contribution >= 0.6 is 0 Å². The van der Waals surface area contributed by atoms with Crippen LogP contribution < -0.4 is 9.04 Å². The van der Waals surface area contributed by atoms with Crippen molar-refractivity contribution in [1.29, 1.82) is 0 Å². The molecule has 31 heavy (non-hydrogen) atoms. The van der Waals surface area contributed by atoms with E-state index in [2.05, 4.69) is 11.8 Å². The van der Waals surface area contributed by atoms with Gasteiger partial charge in [-0.15, -0.1) is 0 Å². The molecule has 0 aromatic heterocycles. The summed E-state index contributed by atoms with van der Waals surface area (Å²) in [5.41, 5.74) is 0.341. The zero-order chi connectivity index (χ0) is 22.4.